The van der Waals surface area contributed by atoms with Gasteiger partial charge in [-0.05, 0) is 49.4 Å². The normalized spacial score (nSPS) is 16.0. The Hall–Kier alpha value is -2.41. The second-order valence-corrected chi connectivity index (χ2v) is 11.6. The number of nitrogens with zero attached hydrogens (tertiary/aromatic N) is 4. The van der Waals surface area contributed by atoms with E-state index >= 15 is 0 Å². The minimum atomic E-state index is -3.57. The molecule has 1 aliphatic rings. The molecule has 1 fully saturated rings. The van der Waals surface area contributed by atoms with Crippen molar-refractivity contribution in [1.29, 1.82) is 0 Å². The van der Waals surface area contributed by atoms with Crippen LogP contribution in [0.2, 0.25) is 0 Å². The number of hydrogen-bond donors (Lipinski definition) is 2. The molecule has 3 N–H and O–H groups in total. The van der Waals surface area contributed by atoms with E-state index in [-0.39, 0.29) is 10.8 Å². The molecule has 1 aromatic carbocycles. The first-order valence-corrected chi connectivity index (χ1v) is 13.4. The van der Waals surface area contributed by atoms with Gasteiger partial charge in [0.2, 0.25) is 21.1 Å². The maximum atomic E-state index is 12.9. The van der Waals surface area contributed by atoms with Crippen molar-refractivity contribution in [1.82, 2.24) is 19.2 Å². The summed E-state index contributed by atoms with van der Waals surface area (Å²) in [6.07, 6.45) is 2.78. The van der Waals surface area contributed by atoms with Crippen molar-refractivity contribution in [2.75, 3.05) is 24.2 Å². The van der Waals surface area contributed by atoms with Gasteiger partial charge in [-0.15, -0.1) is 21.5 Å². The van der Waals surface area contributed by atoms with Gasteiger partial charge in [0.15, 0.2) is 5.82 Å². The summed E-state index contributed by atoms with van der Waals surface area (Å²) in [4.78, 5) is 13.8. The summed E-state index contributed by atoms with van der Waals surface area (Å²) < 4.78 is 28.7. The van der Waals surface area contributed by atoms with E-state index in [1.807, 2.05) is 17.5 Å². The van der Waals surface area contributed by atoms with E-state index < -0.39 is 15.3 Å². The highest BCUT2D eigenvalue weighted by Crippen LogP contribution is 2.28. The molecule has 9 nitrogen and oxygen atoms in total. The van der Waals surface area contributed by atoms with Gasteiger partial charge in [0.05, 0.1) is 15.0 Å². The van der Waals surface area contributed by atoms with Crippen LogP contribution in [0.3, 0.4) is 0 Å². The maximum absolute atomic E-state index is 12.9. The average molecular weight is 493 g/mol. The zero-order chi connectivity index (χ0) is 22.7. The number of benzene rings is 1. The van der Waals surface area contributed by atoms with Gasteiger partial charge in [0.1, 0.15) is 0 Å². The van der Waals surface area contributed by atoms with Gasteiger partial charge in [-0.2, -0.15) is 4.31 Å². The Labute approximate surface area is 195 Å². The number of piperidine rings is 1. The Morgan fingerprint density at radius 3 is 2.69 bits per heavy atom. The summed E-state index contributed by atoms with van der Waals surface area (Å²) in [5.41, 5.74) is 0.425. The van der Waals surface area contributed by atoms with E-state index in [2.05, 4.69) is 15.5 Å². The van der Waals surface area contributed by atoms with Crippen LogP contribution in [0.4, 0.5) is 5.69 Å². The van der Waals surface area contributed by atoms with Gasteiger partial charge < -0.3 is 11.2 Å². The number of aromatic nitrogens is 3. The van der Waals surface area contributed by atoms with E-state index in [9.17, 15) is 13.2 Å². The standard InChI is InChI=1S/C20H24N6O3S3/c1-14(31-20-24-23-18(26(20)21)17-9-6-12-30-17)19(27)22-15-7-5-8-16(13-15)32(28,29)25-10-3-2-4-11-25/h5-9,12-14H,2-4,10-11,21H2,1H3,(H,22,27). The van der Waals surface area contributed by atoms with Crippen molar-refractivity contribution in [2.45, 2.75) is 41.5 Å². The molecule has 1 unspecified atom stereocenters. The Bertz CT molecular complexity index is 1190. The van der Waals surface area contributed by atoms with Crippen LogP contribution in [0.25, 0.3) is 10.7 Å². The Kier molecular flexibility index (Phi) is 6.84. The van der Waals surface area contributed by atoms with Gasteiger partial charge in [0.25, 0.3) is 0 Å². The number of thiophene rings is 1. The number of amides is 1. The number of sulfonamides is 1. The predicted molar refractivity (Wildman–Crippen MR) is 126 cm³/mol. The zero-order valence-corrected chi connectivity index (χ0v) is 19.9. The number of carbonyl (C=O) groups is 1. The predicted octanol–water partition coefficient (Wildman–Crippen LogP) is 3.01. The molecule has 1 aliphatic heterocycles. The van der Waals surface area contributed by atoms with Crippen molar-refractivity contribution in [3.8, 4) is 10.7 Å². The molecule has 4 rings (SSSR count). The highest BCUT2D eigenvalue weighted by atomic mass is 32.2. The van der Waals surface area contributed by atoms with Crippen LogP contribution in [0.15, 0.2) is 51.8 Å². The minimum Gasteiger partial charge on any atom is -0.335 e. The lowest BCUT2D eigenvalue weighted by molar-refractivity contribution is -0.115. The second-order valence-electron chi connectivity index (χ2n) is 7.40. The fourth-order valence-corrected chi connectivity index (χ4v) is 6.41. The lowest BCUT2D eigenvalue weighted by Crippen LogP contribution is -2.35. The molecule has 0 saturated carbocycles. The van der Waals surface area contributed by atoms with Crippen LogP contribution >= 0.6 is 23.1 Å². The quantitative estimate of drug-likeness (QED) is 0.384. The highest BCUT2D eigenvalue weighted by molar-refractivity contribution is 8.00. The van der Waals surface area contributed by atoms with Gasteiger partial charge in [-0.3, -0.25) is 4.79 Å². The smallest absolute Gasteiger partial charge is 0.243 e. The first-order chi connectivity index (χ1) is 15.4. The SMILES string of the molecule is CC(Sc1nnc(-c2cccs2)n1N)C(=O)Nc1cccc(S(=O)(=O)N2CCCCC2)c1. The third-order valence-electron chi connectivity index (χ3n) is 5.11. The topological polar surface area (TPSA) is 123 Å². The molecule has 0 bridgehead atoms. The van der Waals surface area contributed by atoms with Crippen LogP contribution in [-0.4, -0.2) is 51.8 Å². The van der Waals surface area contributed by atoms with Crippen LogP contribution in [0, 0.1) is 0 Å². The summed E-state index contributed by atoms with van der Waals surface area (Å²) >= 11 is 2.68. The van der Waals surface area contributed by atoms with Crippen molar-refractivity contribution in [3.63, 3.8) is 0 Å². The summed E-state index contributed by atoms with van der Waals surface area (Å²) in [6.45, 7) is 2.79. The molecule has 0 radical (unpaired) electrons. The molecule has 1 atom stereocenters. The summed E-state index contributed by atoms with van der Waals surface area (Å²) in [7, 11) is -3.57. The number of hydrogen-bond acceptors (Lipinski definition) is 8. The number of carbonyl (C=O) groups excluding carboxylic acids is 1. The Morgan fingerprint density at radius 2 is 1.97 bits per heavy atom. The molecule has 2 aromatic heterocycles. The number of rotatable bonds is 7. The molecule has 1 saturated heterocycles. The van der Waals surface area contributed by atoms with E-state index in [0.717, 1.165) is 24.1 Å². The van der Waals surface area contributed by atoms with Gasteiger partial charge in [0, 0.05) is 18.8 Å². The van der Waals surface area contributed by atoms with Crippen LogP contribution < -0.4 is 11.2 Å². The van der Waals surface area contributed by atoms with Gasteiger partial charge >= 0.3 is 0 Å². The number of nitrogens with one attached hydrogen (secondary N) is 1. The molecule has 32 heavy (non-hydrogen) atoms. The fraction of sp³-hybridized carbons (Fsp3) is 0.350. The molecule has 0 aliphatic carbocycles. The largest absolute Gasteiger partial charge is 0.335 e. The molecule has 170 valence electrons. The van der Waals surface area contributed by atoms with E-state index in [1.54, 1.807) is 25.1 Å². The molecular weight excluding hydrogens is 468 g/mol. The van der Waals surface area contributed by atoms with Crippen molar-refractivity contribution in [2.24, 2.45) is 0 Å². The van der Waals surface area contributed by atoms with Gasteiger partial charge in [-0.25, -0.2) is 13.1 Å². The first kappa shape index (κ1) is 22.8. The van der Waals surface area contributed by atoms with Crippen LogP contribution in [0.5, 0.6) is 0 Å². The molecule has 1 amide bonds. The third-order valence-corrected chi connectivity index (χ3v) is 8.93. The monoisotopic (exact) mass is 492 g/mol. The number of nitrogen functional groups attached to an aromatic ring is 1. The zero-order valence-electron chi connectivity index (χ0n) is 17.5. The molecule has 3 aromatic rings. The van der Waals surface area contributed by atoms with E-state index in [0.29, 0.717) is 29.8 Å². The summed E-state index contributed by atoms with van der Waals surface area (Å²) in [6, 6.07) is 10.2. The first-order valence-electron chi connectivity index (χ1n) is 10.2. The van der Waals surface area contributed by atoms with Crippen molar-refractivity contribution < 1.29 is 13.2 Å². The van der Waals surface area contributed by atoms with Crippen LogP contribution in [0.1, 0.15) is 26.2 Å². The third kappa shape index (κ3) is 4.82. The van der Waals surface area contributed by atoms with Crippen molar-refractivity contribution in [3.05, 3.63) is 41.8 Å². The minimum absolute atomic E-state index is 0.180. The summed E-state index contributed by atoms with van der Waals surface area (Å²) in [5, 5.41) is 12.8. The number of nitrogens with two attached hydrogens (primary N) is 1. The number of anilines is 1. The molecule has 0 spiro atoms. The maximum Gasteiger partial charge on any atom is 0.243 e. The average Bonchev–Trinajstić information content (AvgIpc) is 3.45. The molecular formula is C20H24N6O3S3. The van der Waals surface area contributed by atoms with Crippen LogP contribution in [-0.2, 0) is 14.8 Å². The Morgan fingerprint density at radius 1 is 1.19 bits per heavy atom. The Balaban J connectivity index is 1.43. The summed E-state index contributed by atoms with van der Waals surface area (Å²) in [5.74, 6) is 6.35. The van der Waals surface area contributed by atoms with Crippen molar-refractivity contribution >= 4 is 44.7 Å². The lowest BCUT2D eigenvalue weighted by Gasteiger charge is -2.26. The molecule has 3 heterocycles. The van der Waals surface area contributed by atoms with E-state index in [4.69, 9.17) is 5.84 Å². The second kappa shape index (κ2) is 9.61. The lowest BCUT2D eigenvalue weighted by atomic mass is 10.2. The van der Waals surface area contributed by atoms with E-state index in [1.165, 1.54) is 38.1 Å². The number of thioether (sulfide) groups is 1. The molecule has 12 heteroatoms. The fourth-order valence-electron chi connectivity index (χ4n) is 3.38. The highest BCUT2D eigenvalue weighted by Gasteiger charge is 2.26. The van der Waals surface area contributed by atoms with Gasteiger partial charge in [-0.1, -0.05) is 30.3 Å².